The summed E-state index contributed by atoms with van der Waals surface area (Å²) in [5, 5.41) is 11.1. The zero-order valence-corrected chi connectivity index (χ0v) is 18.0. The fourth-order valence-electron chi connectivity index (χ4n) is 3.62. The number of nitrogens with two attached hydrogens (primary N) is 1. The molecule has 5 nitrogen and oxygen atoms in total. The van der Waals surface area contributed by atoms with Crippen LogP contribution < -0.4 is 15.0 Å². The SMILES string of the molecule is COc1ccccc1N(CCC#N)C(=O)C[NH2+][C@H](c1ccccc1)c1ccc(C)cc1. The number of nitriles is 1. The van der Waals surface area contributed by atoms with Gasteiger partial charge in [0.2, 0.25) is 0 Å². The maximum absolute atomic E-state index is 13.3. The van der Waals surface area contributed by atoms with Crippen LogP contribution >= 0.6 is 0 Å². The highest BCUT2D eigenvalue weighted by Crippen LogP contribution is 2.28. The molecule has 0 aliphatic heterocycles. The maximum Gasteiger partial charge on any atom is 0.282 e. The van der Waals surface area contributed by atoms with E-state index in [1.165, 1.54) is 5.56 Å². The summed E-state index contributed by atoms with van der Waals surface area (Å²) in [5.41, 5.74) is 4.17. The Morgan fingerprint density at radius 2 is 1.65 bits per heavy atom. The van der Waals surface area contributed by atoms with Gasteiger partial charge in [0.1, 0.15) is 11.8 Å². The number of hydrogen-bond donors (Lipinski definition) is 1. The van der Waals surface area contributed by atoms with E-state index in [9.17, 15) is 4.79 Å². The van der Waals surface area contributed by atoms with Crippen molar-refractivity contribution < 1.29 is 14.8 Å². The Bertz CT molecular complexity index is 1030. The summed E-state index contributed by atoms with van der Waals surface area (Å²) in [5.74, 6) is 0.555. The predicted molar refractivity (Wildman–Crippen MR) is 122 cm³/mol. The van der Waals surface area contributed by atoms with Crippen LogP contribution in [0.2, 0.25) is 0 Å². The molecule has 0 unspecified atom stereocenters. The number of carbonyl (C=O) groups excluding carboxylic acids is 1. The average Bonchev–Trinajstić information content (AvgIpc) is 2.81. The summed E-state index contributed by atoms with van der Waals surface area (Å²) < 4.78 is 5.44. The number of rotatable bonds is 9. The number of aryl methyl sites for hydroxylation is 1. The second-order valence-corrected chi connectivity index (χ2v) is 7.36. The number of nitrogens with zero attached hydrogens (tertiary/aromatic N) is 2. The minimum absolute atomic E-state index is 0.00114. The lowest BCUT2D eigenvalue weighted by atomic mass is 9.98. The zero-order chi connectivity index (χ0) is 22.1. The number of ether oxygens (including phenoxy) is 1. The number of anilines is 1. The topological polar surface area (TPSA) is 69.9 Å². The van der Waals surface area contributed by atoms with Gasteiger partial charge in [0, 0.05) is 17.7 Å². The first-order valence-corrected chi connectivity index (χ1v) is 10.4. The Kier molecular flexibility index (Phi) is 7.80. The van der Waals surface area contributed by atoms with Gasteiger partial charge in [0.15, 0.2) is 6.54 Å². The molecule has 158 valence electrons. The number of amides is 1. The van der Waals surface area contributed by atoms with Gasteiger partial charge in [-0.15, -0.1) is 0 Å². The van der Waals surface area contributed by atoms with Gasteiger partial charge in [-0.05, 0) is 19.1 Å². The molecule has 0 aliphatic rings. The van der Waals surface area contributed by atoms with Gasteiger partial charge >= 0.3 is 0 Å². The van der Waals surface area contributed by atoms with Crippen molar-refractivity contribution in [2.45, 2.75) is 19.4 Å². The van der Waals surface area contributed by atoms with E-state index in [-0.39, 0.29) is 24.9 Å². The molecule has 0 saturated heterocycles. The van der Waals surface area contributed by atoms with Crippen molar-refractivity contribution in [1.29, 1.82) is 5.26 Å². The molecule has 3 aromatic rings. The van der Waals surface area contributed by atoms with Crippen molar-refractivity contribution in [2.24, 2.45) is 0 Å². The Morgan fingerprint density at radius 1 is 1.00 bits per heavy atom. The third kappa shape index (κ3) is 5.71. The lowest BCUT2D eigenvalue weighted by Crippen LogP contribution is -2.87. The molecule has 0 aliphatic carbocycles. The number of carbonyl (C=O) groups is 1. The van der Waals surface area contributed by atoms with Crippen LogP contribution in [0.5, 0.6) is 5.75 Å². The highest BCUT2D eigenvalue weighted by atomic mass is 16.5. The fraction of sp³-hybridized carbons (Fsp3) is 0.231. The van der Waals surface area contributed by atoms with E-state index in [0.29, 0.717) is 18.0 Å². The zero-order valence-electron chi connectivity index (χ0n) is 18.0. The number of hydrogen-bond acceptors (Lipinski definition) is 3. The molecule has 3 aromatic carbocycles. The van der Waals surface area contributed by atoms with Crippen molar-refractivity contribution in [3.05, 3.63) is 95.6 Å². The maximum atomic E-state index is 13.3. The van der Waals surface area contributed by atoms with Gasteiger partial charge in [-0.25, -0.2) is 0 Å². The smallest absolute Gasteiger partial charge is 0.282 e. The molecule has 3 rings (SSSR count). The van der Waals surface area contributed by atoms with Crippen LogP contribution in [0.15, 0.2) is 78.9 Å². The number of quaternary nitrogens is 1. The van der Waals surface area contributed by atoms with Gasteiger partial charge in [0.05, 0.1) is 25.3 Å². The predicted octanol–water partition coefficient (Wildman–Crippen LogP) is 3.60. The first kappa shape index (κ1) is 22.1. The van der Waals surface area contributed by atoms with Crippen LogP contribution in [-0.4, -0.2) is 26.1 Å². The lowest BCUT2D eigenvalue weighted by molar-refractivity contribution is -0.676. The van der Waals surface area contributed by atoms with Crippen molar-refractivity contribution in [2.75, 3.05) is 25.1 Å². The van der Waals surface area contributed by atoms with Crippen LogP contribution in [-0.2, 0) is 4.79 Å². The fourth-order valence-corrected chi connectivity index (χ4v) is 3.62. The summed E-state index contributed by atoms with van der Waals surface area (Å²) in [6.45, 7) is 2.63. The molecule has 0 heterocycles. The molecule has 2 N–H and O–H groups in total. The normalized spacial score (nSPS) is 11.4. The molecule has 5 heteroatoms. The Hall–Kier alpha value is -3.62. The summed E-state index contributed by atoms with van der Waals surface area (Å²) in [4.78, 5) is 14.9. The molecular weight excluding hydrogens is 386 g/mol. The first-order valence-electron chi connectivity index (χ1n) is 10.4. The average molecular weight is 415 g/mol. The van der Waals surface area contributed by atoms with Crippen molar-refractivity contribution >= 4 is 11.6 Å². The van der Waals surface area contributed by atoms with Crippen LogP contribution in [0, 0.1) is 18.3 Å². The molecule has 0 spiro atoms. The van der Waals surface area contributed by atoms with Crippen LogP contribution in [0.1, 0.15) is 29.2 Å². The molecule has 0 bridgehead atoms. The molecule has 0 radical (unpaired) electrons. The van der Waals surface area contributed by atoms with Gasteiger partial charge < -0.3 is 15.0 Å². The van der Waals surface area contributed by atoms with Crippen LogP contribution in [0.4, 0.5) is 5.69 Å². The second kappa shape index (κ2) is 11.0. The highest BCUT2D eigenvalue weighted by molar-refractivity contribution is 5.95. The van der Waals surface area contributed by atoms with E-state index in [1.807, 2.05) is 42.5 Å². The molecule has 31 heavy (non-hydrogen) atoms. The second-order valence-electron chi connectivity index (χ2n) is 7.36. The van der Waals surface area contributed by atoms with Gasteiger partial charge in [-0.1, -0.05) is 72.3 Å². The lowest BCUT2D eigenvalue weighted by Gasteiger charge is -2.24. The van der Waals surface area contributed by atoms with Gasteiger partial charge in [0.25, 0.3) is 5.91 Å². The first-order chi connectivity index (χ1) is 15.1. The number of para-hydroxylation sites is 2. The Labute approximate surface area is 183 Å². The van der Waals surface area contributed by atoms with Crippen LogP contribution in [0.25, 0.3) is 0 Å². The van der Waals surface area contributed by atoms with E-state index < -0.39 is 0 Å². The monoisotopic (exact) mass is 414 g/mol. The number of benzene rings is 3. The summed E-state index contributed by atoms with van der Waals surface area (Å²) in [6, 6.07) is 28.1. The number of methoxy groups -OCH3 is 1. The third-order valence-electron chi connectivity index (χ3n) is 5.25. The minimum Gasteiger partial charge on any atom is -0.495 e. The molecule has 0 fully saturated rings. The molecule has 1 atom stereocenters. The van der Waals surface area contributed by atoms with Crippen molar-refractivity contribution in [1.82, 2.24) is 0 Å². The van der Waals surface area contributed by atoms with E-state index >= 15 is 0 Å². The van der Waals surface area contributed by atoms with Crippen LogP contribution in [0.3, 0.4) is 0 Å². The summed E-state index contributed by atoms with van der Waals surface area (Å²) in [7, 11) is 1.58. The highest BCUT2D eigenvalue weighted by Gasteiger charge is 2.24. The summed E-state index contributed by atoms with van der Waals surface area (Å²) in [6.07, 6.45) is 0.254. The molecule has 0 saturated carbocycles. The largest absolute Gasteiger partial charge is 0.495 e. The van der Waals surface area contributed by atoms with E-state index in [4.69, 9.17) is 10.00 Å². The Balaban J connectivity index is 1.84. The van der Waals surface area contributed by atoms with E-state index in [2.05, 4.69) is 54.7 Å². The minimum atomic E-state index is -0.0622. The van der Waals surface area contributed by atoms with E-state index in [1.54, 1.807) is 12.0 Å². The summed E-state index contributed by atoms with van der Waals surface area (Å²) >= 11 is 0. The standard InChI is InChI=1S/C26H27N3O2/c1-20-13-15-22(16-14-20)26(21-9-4-3-5-10-21)28-19-25(30)29(18-8-17-27)23-11-6-7-12-24(23)31-2/h3-7,9-16,26,28H,8,18-19H2,1-2H3/p+1/t26-/m1/s1. The van der Waals surface area contributed by atoms with E-state index in [0.717, 1.165) is 11.1 Å². The van der Waals surface area contributed by atoms with Crippen molar-refractivity contribution in [3.63, 3.8) is 0 Å². The molecule has 1 amide bonds. The van der Waals surface area contributed by atoms with Gasteiger partial charge in [-0.2, -0.15) is 5.26 Å². The van der Waals surface area contributed by atoms with Gasteiger partial charge in [-0.3, -0.25) is 4.79 Å². The molecule has 0 aromatic heterocycles. The van der Waals surface area contributed by atoms with Crippen molar-refractivity contribution in [3.8, 4) is 11.8 Å². The quantitative estimate of drug-likeness (QED) is 0.582. The Morgan fingerprint density at radius 3 is 2.32 bits per heavy atom. The third-order valence-corrected chi connectivity index (χ3v) is 5.25. The molecular formula is C26H28N3O2+.